The van der Waals surface area contributed by atoms with E-state index in [1.54, 1.807) is 12.1 Å². The second kappa shape index (κ2) is 7.03. The maximum absolute atomic E-state index is 12.0. The van der Waals surface area contributed by atoms with Gasteiger partial charge >= 0.3 is 0 Å². The highest BCUT2D eigenvalue weighted by molar-refractivity contribution is 6.38. The maximum Gasteiger partial charge on any atom is 0.262 e. The van der Waals surface area contributed by atoms with Crippen molar-refractivity contribution >= 4 is 45.7 Å². The summed E-state index contributed by atoms with van der Waals surface area (Å²) in [5.74, 6) is -0.0377. The van der Waals surface area contributed by atoms with Crippen molar-refractivity contribution in [2.75, 3.05) is 11.9 Å². The van der Waals surface area contributed by atoms with Crippen LogP contribution >= 0.6 is 23.2 Å². The Kier molecular flexibility index (Phi) is 4.83. The highest BCUT2D eigenvalue weighted by atomic mass is 35.5. The van der Waals surface area contributed by atoms with Crippen LogP contribution in [0.15, 0.2) is 42.7 Å². The van der Waals surface area contributed by atoms with Crippen molar-refractivity contribution in [3.8, 4) is 5.88 Å². The third-order valence-electron chi connectivity index (χ3n) is 3.26. The van der Waals surface area contributed by atoms with Gasteiger partial charge in [0, 0.05) is 10.7 Å². The van der Waals surface area contributed by atoms with Crippen LogP contribution in [0.1, 0.15) is 5.56 Å². The largest absolute Gasteiger partial charge is 0.467 e. The standard InChI is InChI=1S/C17H13Cl2N3O2/c1-10-3-2-4-12(5-10)22-15(23)8-24-17-13-6-11(18)7-14(19)16(13)20-9-21-17/h2-7,9H,8H2,1H3,(H,22,23). The van der Waals surface area contributed by atoms with Gasteiger partial charge in [-0.25, -0.2) is 9.97 Å². The summed E-state index contributed by atoms with van der Waals surface area (Å²) in [6, 6.07) is 10.7. The molecule has 122 valence electrons. The Balaban J connectivity index is 1.75. The number of carbonyl (C=O) groups excluding carboxylic acids is 1. The lowest BCUT2D eigenvalue weighted by Gasteiger charge is -2.09. The van der Waals surface area contributed by atoms with Crippen LogP contribution in [-0.2, 0) is 4.79 Å². The molecule has 1 amide bonds. The third kappa shape index (κ3) is 3.75. The van der Waals surface area contributed by atoms with Crippen molar-refractivity contribution in [1.29, 1.82) is 0 Å². The van der Waals surface area contributed by atoms with E-state index in [0.717, 1.165) is 5.56 Å². The number of aryl methyl sites for hydroxylation is 1. The number of halogens is 2. The molecule has 0 aliphatic carbocycles. The van der Waals surface area contributed by atoms with E-state index in [9.17, 15) is 4.79 Å². The lowest BCUT2D eigenvalue weighted by atomic mass is 10.2. The summed E-state index contributed by atoms with van der Waals surface area (Å²) < 4.78 is 5.51. The molecule has 3 aromatic rings. The fraction of sp³-hybridized carbons (Fsp3) is 0.118. The first-order valence-electron chi connectivity index (χ1n) is 7.12. The van der Waals surface area contributed by atoms with Gasteiger partial charge in [0.05, 0.1) is 15.9 Å². The minimum Gasteiger partial charge on any atom is -0.467 e. The zero-order valence-corrected chi connectivity index (χ0v) is 14.2. The Morgan fingerprint density at radius 1 is 1.21 bits per heavy atom. The molecule has 5 nitrogen and oxygen atoms in total. The molecule has 24 heavy (non-hydrogen) atoms. The topological polar surface area (TPSA) is 64.1 Å². The van der Waals surface area contributed by atoms with E-state index in [0.29, 0.717) is 26.6 Å². The summed E-state index contributed by atoms with van der Waals surface area (Å²) in [7, 11) is 0. The Morgan fingerprint density at radius 3 is 2.83 bits per heavy atom. The molecule has 0 aliphatic rings. The van der Waals surface area contributed by atoms with E-state index in [1.807, 2.05) is 31.2 Å². The van der Waals surface area contributed by atoms with E-state index >= 15 is 0 Å². The van der Waals surface area contributed by atoms with Gasteiger partial charge in [-0.3, -0.25) is 4.79 Å². The number of rotatable bonds is 4. The molecule has 0 aliphatic heterocycles. The van der Waals surface area contributed by atoms with E-state index in [1.165, 1.54) is 6.33 Å². The average Bonchev–Trinajstić information content (AvgIpc) is 2.53. The summed E-state index contributed by atoms with van der Waals surface area (Å²) in [5.41, 5.74) is 2.28. The van der Waals surface area contributed by atoms with Crippen molar-refractivity contribution in [3.63, 3.8) is 0 Å². The molecule has 1 heterocycles. The molecule has 2 aromatic carbocycles. The van der Waals surface area contributed by atoms with E-state index < -0.39 is 0 Å². The molecular weight excluding hydrogens is 349 g/mol. The number of carbonyl (C=O) groups is 1. The Morgan fingerprint density at radius 2 is 2.04 bits per heavy atom. The van der Waals surface area contributed by atoms with Gasteiger partial charge in [0.25, 0.3) is 5.91 Å². The number of amides is 1. The third-order valence-corrected chi connectivity index (χ3v) is 3.77. The summed E-state index contributed by atoms with van der Waals surface area (Å²) >= 11 is 12.1. The SMILES string of the molecule is Cc1cccc(NC(=O)COc2ncnc3c(Cl)cc(Cl)cc23)c1. The normalized spacial score (nSPS) is 10.6. The molecule has 0 fully saturated rings. The van der Waals surface area contributed by atoms with E-state index in [4.69, 9.17) is 27.9 Å². The van der Waals surface area contributed by atoms with Gasteiger partial charge in [-0.1, -0.05) is 35.3 Å². The van der Waals surface area contributed by atoms with Crippen LogP contribution in [-0.4, -0.2) is 22.5 Å². The van der Waals surface area contributed by atoms with Crippen molar-refractivity contribution in [2.45, 2.75) is 6.92 Å². The fourth-order valence-corrected chi connectivity index (χ4v) is 2.78. The van der Waals surface area contributed by atoms with E-state index in [-0.39, 0.29) is 18.4 Å². The summed E-state index contributed by atoms with van der Waals surface area (Å²) in [6.07, 6.45) is 1.33. The van der Waals surface area contributed by atoms with Crippen LogP contribution < -0.4 is 10.1 Å². The van der Waals surface area contributed by atoms with Crippen molar-refractivity contribution in [2.24, 2.45) is 0 Å². The van der Waals surface area contributed by atoms with Gasteiger partial charge in [0.1, 0.15) is 6.33 Å². The van der Waals surface area contributed by atoms with Gasteiger partial charge in [-0.15, -0.1) is 0 Å². The fourth-order valence-electron chi connectivity index (χ4n) is 2.24. The molecule has 3 rings (SSSR count). The van der Waals surface area contributed by atoms with Crippen molar-refractivity contribution < 1.29 is 9.53 Å². The molecular formula is C17H13Cl2N3O2. The van der Waals surface area contributed by atoms with Gasteiger partial charge in [0.2, 0.25) is 5.88 Å². The van der Waals surface area contributed by atoms with Crippen LogP contribution in [0, 0.1) is 6.92 Å². The minimum absolute atomic E-state index is 0.190. The van der Waals surface area contributed by atoms with Crippen LogP contribution in [0.3, 0.4) is 0 Å². The molecule has 1 aromatic heterocycles. The predicted octanol–water partition coefficient (Wildman–Crippen LogP) is 4.26. The minimum atomic E-state index is -0.291. The first-order valence-corrected chi connectivity index (χ1v) is 7.87. The number of aromatic nitrogens is 2. The van der Waals surface area contributed by atoms with Gasteiger partial charge < -0.3 is 10.1 Å². The molecule has 0 saturated carbocycles. The quantitative estimate of drug-likeness (QED) is 0.753. The second-order valence-corrected chi connectivity index (χ2v) is 6.01. The zero-order valence-electron chi connectivity index (χ0n) is 12.7. The molecule has 0 atom stereocenters. The number of anilines is 1. The second-order valence-electron chi connectivity index (χ2n) is 5.17. The number of nitrogens with zero attached hydrogens (tertiary/aromatic N) is 2. The van der Waals surface area contributed by atoms with Gasteiger partial charge in [-0.05, 0) is 36.8 Å². The number of nitrogens with one attached hydrogen (secondary N) is 1. The lowest BCUT2D eigenvalue weighted by molar-refractivity contribution is -0.118. The Hall–Kier alpha value is -2.37. The lowest BCUT2D eigenvalue weighted by Crippen LogP contribution is -2.20. The highest BCUT2D eigenvalue weighted by Crippen LogP contribution is 2.30. The zero-order chi connectivity index (χ0) is 17.1. The molecule has 0 saturated heterocycles. The molecule has 0 bridgehead atoms. The van der Waals surface area contributed by atoms with Crippen LogP contribution in [0.5, 0.6) is 5.88 Å². The predicted molar refractivity (Wildman–Crippen MR) is 94.9 cm³/mol. The average molecular weight is 362 g/mol. The summed E-state index contributed by atoms with van der Waals surface area (Å²) in [5, 5.41) is 4.16. The summed E-state index contributed by atoms with van der Waals surface area (Å²) in [4.78, 5) is 20.2. The van der Waals surface area contributed by atoms with Crippen molar-refractivity contribution in [1.82, 2.24) is 9.97 Å². The summed E-state index contributed by atoms with van der Waals surface area (Å²) in [6.45, 7) is 1.76. The van der Waals surface area contributed by atoms with Crippen molar-refractivity contribution in [3.05, 3.63) is 58.3 Å². The Labute approximate surface area is 148 Å². The molecule has 0 spiro atoms. The first kappa shape index (κ1) is 16.5. The van der Waals surface area contributed by atoms with Gasteiger partial charge in [-0.2, -0.15) is 0 Å². The number of hydrogen-bond acceptors (Lipinski definition) is 4. The maximum atomic E-state index is 12.0. The number of fused-ring (bicyclic) bond motifs is 1. The monoisotopic (exact) mass is 361 g/mol. The first-order chi connectivity index (χ1) is 11.5. The van der Waals surface area contributed by atoms with Gasteiger partial charge in [0.15, 0.2) is 6.61 Å². The number of hydrogen-bond donors (Lipinski definition) is 1. The van der Waals surface area contributed by atoms with Crippen LogP contribution in [0.4, 0.5) is 5.69 Å². The van der Waals surface area contributed by atoms with Crippen LogP contribution in [0.2, 0.25) is 10.0 Å². The molecule has 7 heteroatoms. The highest BCUT2D eigenvalue weighted by Gasteiger charge is 2.11. The number of ether oxygens (including phenoxy) is 1. The van der Waals surface area contributed by atoms with Crippen LogP contribution in [0.25, 0.3) is 10.9 Å². The Bertz CT molecular complexity index is 915. The molecule has 1 N–H and O–H groups in total. The van der Waals surface area contributed by atoms with E-state index in [2.05, 4.69) is 15.3 Å². The molecule has 0 unspecified atom stereocenters. The molecule has 0 radical (unpaired) electrons. The smallest absolute Gasteiger partial charge is 0.262 e. The number of benzene rings is 2.